The molecule has 2 spiro atoms. The number of H-pyrrole nitrogens is 1. The predicted molar refractivity (Wildman–Crippen MR) is 132 cm³/mol. The lowest BCUT2D eigenvalue weighted by Crippen LogP contribution is -2.51. The molecule has 2 aliphatic heterocycles. The van der Waals surface area contributed by atoms with Gasteiger partial charge < -0.3 is 20.5 Å². The van der Waals surface area contributed by atoms with Crippen LogP contribution in [0.2, 0.25) is 0 Å². The number of carbonyl (C=O) groups is 1. The molecule has 0 atom stereocenters. The van der Waals surface area contributed by atoms with E-state index >= 15 is 0 Å². The van der Waals surface area contributed by atoms with Crippen LogP contribution < -0.4 is 15.5 Å². The molecule has 5 aliphatic rings. The Hall–Kier alpha value is -3.12. The molecule has 2 saturated carbocycles. The van der Waals surface area contributed by atoms with Gasteiger partial charge in [0.05, 0.1) is 22.5 Å². The SMILES string of the molecule is O=C1NC2(CC2)C2(CC2)c2[nH]c3c(c21)CCc1cnc(-c2ccc(N4CCNCC4)cc2)cc1-3. The zero-order valence-corrected chi connectivity index (χ0v) is 19.3. The van der Waals surface area contributed by atoms with Crippen molar-refractivity contribution < 1.29 is 4.79 Å². The van der Waals surface area contributed by atoms with Gasteiger partial charge in [0.2, 0.25) is 0 Å². The monoisotopic (exact) mass is 451 g/mol. The summed E-state index contributed by atoms with van der Waals surface area (Å²) < 4.78 is 0. The van der Waals surface area contributed by atoms with Crippen LogP contribution in [-0.2, 0) is 18.3 Å². The standard InChI is InChI=1S/C28H29N5O/c34-26-23-20-6-3-18-16-30-22(17-1-4-19(5-2-17)33-13-11-29-12-14-33)15-21(18)24(20)31-25(23)27(7-8-27)28(32-26)9-10-28/h1-2,4-5,15-16,29,31H,3,6-14H2,(H,32,34). The van der Waals surface area contributed by atoms with E-state index in [-0.39, 0.29) is 16.9 Å². The van der Waals surface area contributed by atoms with E-state index in [4.69, 9.17) is 4.98 Å². The Morgan fingerprint density at radius 1 is 0.971 bits per heavy atom. The molecule has 3 N–H and O–H groups in total. The van der Waals surface area contributed by atoms with Gasteiger partial charge in [-0.1, -0.05) is 12.1 Å². The number of hydrogen-bond donors (Lipinski definition) is 3. The molecule has 0 bridgehead atoms. The van der Waals surface area contributed by atoms with E-state index in [9.17, 15) is 4.79 Å². The van der Waals surface area contributed by atoms with Crippen molar-refractivity contribution in [2.24, 2.45) is 0 Å². The Bertz CT molecular complexity index is 1340. The summed E-state index contributed by atoms with van der Waals surface area (Å²) in [6, 6.07) is 11.1. The van der Waals surface area contributed by atoms with Crippen molar-refractivity contribution in [2.75, 3.05) is 31.1 Å². The maximum atomic E-state index is 13.2. The Morgan fingerprint density at radius 2 is 1.76 bits per heavy atom. The van der Waals surface area contributed by atoms with E-state index in [2.05, 4.69) is 50.8 Å². The highest BCUT2D eigenvalue weighted by Gasteiger charge is 2.70. The molecule has 1 amide bonds. The highest BCUT2D eigenvalue weighted by atomic mass is 16.2. The van der Waals surface area contributed by atoms with Crippen LogP contribution in [0.3, 0.4) is 0 Å². The Balaban J connectivity index is 1.19. The molecule has 0 unspecified atom stereocenters. The summed E-state index contributed by atoms with van der Waals surface area (Å²) in [5.41, 5.74) is 10.6. The number of hydrogen-bond acceptors (Lipinski definition) is 4. The van der Waals surface area contributed by atoms with Gasteiger partial charge in [0.15, 0.2) is 0 Å². The number of aromatic nitrogens is 2. The average molecular weight is 452 g/mol. The van der Waals surface area contributed by atoms with Crippen molar-refractivity contribution in [3.8, 4) is 22.5 Å². The van der Waals surface area contributed by atoms with Crippen molar-refractivity contribution in [3.63, 3.8) is 0 Å². The maximum Gasteiger partial charge on any atom is 0.253 e. The van der Waals surface area contributed by atoms with Gasteiger partial charge in [-0.25, -0.2) is 0 Å². The number of nitrogens with zero attached hydrogens (tertiary/aromatic N) is 2. The van der Waals surface area contributed by atoms with E-state index in [0.717, 1.165) is 74.4 Å². The molecule has 6 nitrogen and oxygen atoms in total. The number of aromatic amines is 1. The molecule has 3 aliphatic carbocycles. The van der Waals surface area contributed by atoms with Crippen LogP contribution in [0.15, 0.2) is 36.5 Å². The van der Waals surface area contributed by atoms with Crippen molar-refractivity contribution in [1.29, 1.82) is 0 Å². The third-order valence-corrected chi connectivity index (χ3v) is 9.12. The largest absolute Gasteiger partial charge is 0.369 e. The summed E-state index contributed by atoms with van der Waals surface area (Å²) in [6.45, 7) is 4.17. The first-order valence-electron chi connectivity index (χ1n) is 12.8. The van der Waals surface area contributed by atoms with Crippen LogP contribution in [-0.4, -0.2) is 47.6 Å². The summed E-state index contributed by atoms with van der Waals surface area (Å²) in [5, 5.41) is 6.84. The second-order valence-corrected chi connectivity index (χ2v) is 10.9. The van der Waals surface area contributed by atoms with Gasteiger partial charge in [-0.15, -0.1) is 0 Å². The van der Waals surface area contributed by atoms with Crippen LogP contribution in [0.5, 0.6) is 0 Å². The highest BCUT2D eigenvalue weighted by molar-refractivity contribution is 6.02. The quantitative estimate of drug-likeness (QED) is 0.557. The van der Waals surface area contributed by atoms with E-state index in [1.165, 1.54) is 40.9 Å². The third-order valence-electron chi connectivity index (χ3n) is 9.12. The minimum atomic E-state index is 0.0307. The van der Waals surface area contributed by atoms with Gasteiger partial charge in [-0.2, -0.15) is 0 Å². The molecule has 2 aromatic heterocycles. The van der Waals surface area contributed by atoms with Gasteiger partial charge in [-0.3, -0.25) is 9.78 Å². The van der Waals surface area contributed by atoms with Crippen LogP contribution in [0.1, 0.15) is 52.9 Å². The predicted octanol–water partition coefficient (Wildman–Crippen LogP) is 3.56. The normalized spacial score (nSPS) is 22.7. The number of pyridine rings is 1. The van der Waals surface area contributed by atoms with Gasteiger partial charge >= 0.3 is 0 Å². The lowest BCUT2D eigenvalue weighted by molar-refractivity contribution is 0.0898. The number of piperazine rings is 1. The molecule has 34 heavy (non-hydrogen) atoms. The fourth-order valence-electron chi connectivity index (χ4n) is 6.95. The molecule has 0 radical (unpaired) electrons. The molecule has 8 rings (SSSR count). The number of fused-ring (bicyclic) bond motifs is 7. The first kappa shape index (κ1) is 19.2. The Morgan fingerprint density at radius 3 is 2.50 bits per heavy atom. The maximum absolute atomic E-state index is 13.2. The third kappa shape index (κ3) is 2.49. The highest BCUT2D eigenvalue weighted by Crippen LogP contribution is 2.67. The molecule has 1 saturated heterocycles. The first-order chi connectivity index (χ1) is 16.7. The number of carbonyl (C=O) groups excluding carboxylic acids is 1. The summed E-state index contributed by atoms with van der Waals surface area (Å²) in [4.78, 5) is 24.3. The zero-order valence-electron chi connectivity index (χ0n) is 19.3. The molecule has 4 heterocycles. The number of nitrogens with one attached hydrogen (secondary N) is 3. The van der Waals surface area contributed by atoms with Gasteiger partial charge in [0.25, 0.3) is 5.91 Å². The average Bonchev–Trinajstić information content (AvgIpc) is 3.80. The lowest BCUT2D eigenvalue weighted by atomic mass is 9.81. The summed E-state index contributed by atoms with van der Waals surface area (Å²) >= 11 is 0. The van der Waals surface area contributed by atoms with Crippen molar-refractivity contribution in [3.05, 3.63) is 58.9 Å². The summed E-state index contributed by atoms with van der Waals surface area (Å²) in [6.07, 6.45) is 8.51. The van der Waals surface area contributed by atoms with Crippen molar-refractivity contribution in [2.45, 2.75) is 49.5 Å². The van der Waals surface area contributed by atoms with E-state index in [1.54, 1.807) is 0 Å². The zero-order chi connectivity index (χ0) is 22.5. The smallest absolute Gasteiger partial charge is 0.253 e. The fourth-order valence-corrected chi connectivity index (χ4v) is 6.95. The van der Waals surface area contributed by atoms with Crippen LogP contribution in [0, 0.1) is 0 Å². The molecule has 3 fully saturated rings. The molecular formula is C28H29N5O. The van der Waals surface area contributed by atoms with Gasteiger partial charge in [-0.05, 0) is 67.9 Å². The second-order valence-electron chi connectivity index (χ2n) is 10.9. The lowest BCUT2D eigenvalue weighted by Gasteiger charge is -2.33. The summed E-state index contributed by atoms with van der Waals surface area (Å²) in [5.74, 6) is 0.142. The Labute approximate surface area is 199 Å². The number of amides is 1. The molecule has 3 aromatic rings. The fraction of sp³-hybridized carbons (Fsp3) is 0.429. The minimum absolute atomic E-state index is 0.0307. The van der Waals surface area contributed by atoms with Crippen LogP contribution >= 0.6 is 0 Å². The molecule has 1 aromatic carbocycles. The van der Waals surface area contributed by atoms with Crippen molar-refractivity contribution in [1.82, 2.24) is 20.6 Å². The Kier molecular flexibility index (Phi) is 3.68. The molecule has 6 heteroatoms. The number of rotatable bonds is 2. The first-order valence-corrected chi connectivity index (χ1v) is 12.8. The van der Waals surface area contributed by atoms with Crippen molar-refractivity contribution >= 4 is 11.6 Å². The topological polar surface area (TPSA) is 73.0 Å². The second kappa shape index (κ2) is 6.51. The summed E-state index contributed by atoms with van der Waals surface area (Å²) in [7, 11) is 0. The number of benzene rings is 1. The number of aryl methyl sites for hydroxylation is 1. The van der Waals surface area contributed by atoms with E-state index in [0.29, 0.717) is 0 Å². The molecule has 172 valence electrons. The van der Waals surface area contributed by atoms with Crippen LogP contribution in [0.25, 0.3) is 22.5 Å². The molecular weight excluding hydrogens is 422 g/mol. The van der Waals surface area contributed by atoms with Gasteiger partial charge in [0, 0.05) is 60.3 Å². The minimum Gasteiger partial charge on any atom is -0.369 e. The van der Waals surface area contributed by atoms with E-state index in [1.807, 2.05) is 6.20 Å². The number of anilines is 1. The van der Waals surface area contributed by atoms with Crippen LogP contribution in [0.4, 0.5) is 5.69 Å². The van der Waals surface area contributed by atoms with E-state index < -0.39 is 0 Å². The van der Waals surface area contributed by atoms with Gasteiger partial charge in [0.1, 0.15) is 0 Å².